The van der Waals surface area contributed by atoms with E-state index in [1.807, 2.05) is 0 Å². The smallest absolute Gasteiger partial charge is 0.219 e. The summed E-state index contributed by atoms with van der Waals surface area (Å²) >= 11 is 22.5. The Morgan fingerprint density at radius 2 is 2.09 bits per heavy atom. The third kappa shape index (κ3) is 2.45. The molecule has 0 aromatic rings. The minimum absolute atomic E-state index is 0.357. The molecule has 1 nitrogen and oxygen atoms in total. The SMILES string of the molecule is ClC1=CCN[C]=C1C(Cl)(Cl)Cl. The van der Waals surface area contributed by atoms with Crippen LogP contribution in [0.25, 0.3) is 0 Å². The van der Waals surface area contributed by atoms with Gasteiger partial charge in [-0.15, -0.1) is 0 Å². The molecular weight excluding hydrogens is 228 g/mol. The van der Waals surface area contributed by atoms with Crippen LogP contribution in [0.4, 0.5) is 0 Å². The lowest BCUT2D eigenvalue weighted by Gasteiger charge is -2.17. The molecule has 0 amide bonds. The van der Waals surface area contributed by atoms with E-state index in [2.05, 4.69) is 11.5 Å². The maximum Gasteiger partial charge on any atom is 0.219 e. The Labute approximate surface area is 84.9 Å². The average Bonchev–Trinajstić information content (AvgIpc) is 1.86. The number of hydrogen-bond acceptors (Lipinski definition) is 1. The van der Waals surface area contributed by atoms with Crippen LogP contribution in [0.5, 0.6) is 0 Å². The Hall–Kier alpha value is 0.440. The van der Waals surface area contributed by atoms with Crippen molar-refractivity contribution >= 4 is 46.4 Å². The van der Waals surface area contributed by atoms with Crippen LogP contribution in [0.3, 0.4) is 0 Å². The summed E-state index contributed by atoms with van der Waals surface area (Å²) in [7, 11) is 0. The second kappa shape index (κ2) is 3.44. The van der Waals surface area contributed by atoms with Gasteiger partial charge in [0.1, 0.15) is 0 Å². The van der Waals surface area contributed by atoms with E-state index in [1.165, 1.54) is 0 Å². The highest BCUT2D eigenvalue weighted by molar-refractivity contribution is 6.70. The molecule has 11 heavy (non-hydrogen) atoms. The molecule has 0 aromatic carbocycles. The minimum Gasteiger partial charge on any atom is -0.379 e. The second-order valence-corrected chi connectivity index (χ2v) is 4.62. The summed E-state index contributed by atoms with van der Waals surface area (Å²) < 4.78 is -1.50. The largest absolute Gasteiger partial charge is 0.379 e. The molecule has 0 atom stereocenters. The zero-order chi connectivity index (χ0) is 8.48. The topological polar surface area (TPSA) is 12.0 Å². The van der Waals surface area contributed by atoms with E-state index < -0.39 is 3.79 Å². The van der Waals surface area contributed by atoms with Crippen molar-refractivity contribution in [2.24, 2.45) is 0 Å². The van der Waals surface area contributed by atoms with E-state index in [-0.39, 0.29) is 0 Å². The van der Waals surface area contributed by atoms with Crippen molar-refractivity contribution in [3.63, 3.8) is 0 Å². The first-order valence-electron chi connectivity index (χ1n) is 2.81. The van der Waals surface area contributed by atoms with Crippen molar-refractivity contribution < 1.29 is 0 Å². The summed E-state index contributed by atoms with van der Waals surface area (Å²) in [5, 5.41) is 3.20. The molecule has 1 heterocycles. The highest BCUT2D eigenvalue weighted by atomic mass is 35.6. The molecule has 0 saturated heterocycles. The normalized spacial score (nSPS) is 18.5. The molecule has 0 saturated carbocycles. The summed E-state index contributed by atoms with van der Waals surface area (Å²) in [5.74, 6) is 0. The quantitative estimate of drug-likeness (QED) is 0.633. The number of nitrogens with one attached hydrogen (secondary N) is 1. The molecule has 1 rings (SSSR count). The third-order valence-electron chi connectivity index (χ3n) is 1.12. The Morgan fingerprint density at radius 1 is 1.45 bits per heavy atom. The number of rotatable bonds is 0. The Balaban J connectivity index is 2.87. The maximum absolute atomic E-state index is 5.74. The average molecular weight is 232 g/mol. The van der Waals surface area contributed by atoms with Crippen molar-refractivity contribution in [2.75, 3.05) is 6.54 Å². The number of dihydropyridines is 1. The molecule has 0 aliphatic carbocycles. The highest BCUT2D eigenvalue weighted by Crippen LogP contribution is 2.39. The third-order valence-corrected chi connectivity index (χ3v) is 2.03. The lowest BCUT2D eigenvalue weighted by Crippen LogP contribution is -2.19. The molecule has 61 valence electrons. The van der Waals surface area contributed by atoms with Gasteiger partial charge in [-0.25, -0.2) is 0 Å². The van der Waals surface area contributed by atoms with Gasteiger partial charge in [0.2, 0.25) is 3.79 Å². The molecule has 0 aromatic heterocycles. The van der Waals surface area contributed by atoms with E-state index in [4.69, 9.17) is 46.4 Å². The number of allylic oxidation sites excluding steroid dienone is 2. The fourth-order valence-corrected chi connectivity index (χ4v) is 1.51. The van der Waals surface area contributed by atoms with E-state index in [0.717, 1.165) is 0 Å². The van der Waals surface area contributed by atoms with Crippen LogP contribution in [-0.2, 0) is 0 Å². The zero-order valence-corrected chi connectivity index (χ0v) is 8.32. The van der Waals surface area contributed by atoms with Crippen LogP contribution in [0, 0.1) is 6.20 Å². The first-order valence-corrected chi connectivity index (χ1v) is 4.32. The maximum atomic E-state index is 5.74. The Kier molecular flexibility index (Phi) is 2.98. The summed E-state index contributed by atoms with van der Waals surface area (Å²) in [6.45, 7) is 0.614. The molecule has 5 heteroatoms. The van der Waals surface area contributed by atoms with Gasteiger partial charge in [-0.3, -0.25) is 0 Å². The number of halogens is 4. The fraction of sp³-hybridized carbons (Fsp3) is 0.333. The standard InChI is InChI=1S/C6H4Cl4N/c7-5-1-2-11-3-4(5)6(8,9)10/h1,11H,2H2. The van der Waals surface area contributed by atoms with Gasteiger partial charge in [0.15, 0.2) is 0 Å². The van der Waals surface area contributed by atoms with Crippen molar-refractivity contribution in [2.45, 2.75) is 3.79 Å². The van der Waals surface area contributed by atoms with Crippen LogP contribution in [0.2, 0.25) is 0 Å². The Morgan fingerprint density at radius 3 is 2.45 bits per heavy atom. The van der Waals surface area contributed by atoms with Gasteiger partial charge in [-0.1, -0.05) is 46.4 Å². The summed E-state index contributed by atoms with van der Waals surface area (Å²) in [6.07, 6.45) is 4.40. The zero-order valence-electron chi connectivity index (χ0n) is 5.30. The van der Waals surface area contributed by atoms with Gasteiger partial charge >= 0.3 is 0 Å². The first-order chi connectivity index (χ1) is 5.02. The number of hydrogen-bond donors (Lipinski definition) is 1. The van der Waals surface area contributed by atoms with Gasteiger partial charge in [0.05, 0.1) is 6.20 Å². The summed E-state index contributed by atoms with van der Waals surface area (Å²) in [5.41, 5.74) is 0.357. The van der Waals surface area contributed by atoms with Gasteiger partial charge in [0.25, 0.3) is 0 Å². The van der Waals surface area contributed by atoms with Gasteiger partial charge in [-0.2, -0.15) is 0 Å². The first kappa shape index (κ1) is 9.53. The van der Waals surface area contributed by atoms with Crippen LogP contribution >= 0.6 is 46.4 Å². The van der Waals surface area contributed by atoms with Crippen LogP contribution in [0.15, 0.2) is 16.7 Å². The van der Waals surface area contributed by atoms with Gasteiger partial charge < -0.3 is 5.32 Å². The summed E-state index contributed by atoms with van der Waals surface area (Å²) in [4.78, 5) is 0. The van der Waals surface area contributed by atoms with E-state index >= 15 is 0 Å². The van der Waals surface area contributed by atoms with Gasteiger partial charge in [-0.05, 0) is 6.08 Å². The molecule has 0 bridgehead atoms. The molecule has 1 aliphatic heterocycles. The summed E-state index contributed by atoms with van der Waals surface area (Å²) in [6, 6.07) is 0. The van der Waals surface area contributed by atoms with Crippen molar-refractivity contribution in [3.05, 3.63) is 22.9 Å². The van der Waals surface area contributed by atoms with Crippen molar-refractivity contribution in [1.82, 2.24) is 5.32 Å². The lowest BCUT2D eigenvalue weighted by molar-refractivity contribution is 0.909. The minimum atomic E-state index is -1.50. The molecular formula is C6H4Cl4N. The van der Waals surface area contributed by atoms with E-state index in [1.54, 1.807) is 6.08 Å². The molecule has 0 fully saturated rings. The van der Waals surface area contributed by atoms with E-state index in [9.17, 15) is 0 Å². The van der Waals surface area contributed by atoms with E-state index in [0.29, 0.717) is 17.2 Å². The second-order valence-electron chi connectivity index (χ2n) is 1.93. The number of alkyl halides is 3. The molecule has 1 radical (unpaired) electrons. The van der Waals surface area contributed by atoms with Crippen LogP contribution < -0.4 is 5.32 Å². The molecule has 1 aliphatic rings. The Bertz CT molecular complexity index is 213. The van der Waals surface area contributed by atoms with Crippen molar-refractivity contribution in [1.29, 1.82) is 0 Å². The lowest BCUT2D eigenvalue weighted by atomic mass is 10.2. The predicted molar refractivity (Wildman–Crippen MR) is 49.0 cm³/mol. The van der Waals surface area contributed by atoms with Gasteiger partial charge in [0, 0.05) is 17.2 Å². The molecule has 0 unspecified atom stereocenters. The van der Waals surface area contributed by atoms with Crippen molar-refractivity contribution in [3.8, 4) is 0 Å². The monoisotopic (exact) mass is 230 g/mol. The van der Waals surface area contributed by atoms with Crippen LogP contribution in [-0.4, -0.2) is 10.3 Å². The molecule has 0 spiro atoms. The van der Waals surface area contributed by atoms with Crippen LogP contribution in [0.1, 0.15) is 0 Å². The molecule has 1 N–H and O–H groups in total. The fourth-order valence-electron chi connectivity index (χ4n) is 0.648. The highest BCUT2D eigenvalue weighted by Gasteiger charge is 2.29. The predicted octanol–water partition coefficient (Wildman–Crippen LogP) is 2.77.